The summed E-state index contributed by atoms with van der Waals surface area (Å²) in [6.45, 7) is 3.13. The average molecular weight is 325 g/mol. The molecule has 0 amide bonds. The maximum Gasteiger partial charge on any atom is 0.0668 e. The van der Waals surface area contributed by atoms with Crippen molar-refractivity contribution in [3.8, 4) is 0 Å². The highest BCUT2D eigenvalue weighted by Crippen LogP contribution is 2.42. The summed E-state index contributed by atoms with van der Waals surface area (Å²) in [5.74, 6) is 0.409. The van der Waals surface area contributed by atoms with Crippen LogP contribution in [0.1, 0.15) is 47.9 Å². The molecule has 2 unspecified atom stereocenters. The van der Waals surface area contributed by atoms with Gasteiger partial charge in [-0.25, -0.2) is 0 Å². The highest BCUT2D eigenvalue weighted by molar-refractivity contribution is 5.50. The third-order valence-electron chi connectivity index (χ3n) is 5.26. The minimum atomic E-state index is -0.316. The van der Waals surface area contributed by atoms with E-state index in [0.29, 0.717) is 12.5 Å². The van der Waals surface area contributed by atoms with E-state index in [2.05, 4.69) is 60.8 Å². The first-order valence-corrected chi connectivity index (χ1v) is 8.85. The number of nitrogens with one attached hydrogen (secondary N) is 1. The molecule has 3 heteroatoms. The standard InChI is InChI=1S/C21H27NO2/c1-21(22-12-14-24)19-10-4-2-7-17(19)15-16(8-6-13-23)18-9-3-5-11-20(18)21/h2-5,7,9-11,16,22-24H,6,8,12-15H2,1H3. The molecule has 3 N–H and O–H groups in total. The van der Waals surface area contributed by atoms with Crippen LogP contribution < -0.4 is 5.32 Å². The summed E-state index contributed by atoms with van der Waals surface area (Å²) in [6.07, 6.45) is 2.80. The predicted molar refractivity (Wildman–Crippen MR) is 97.2 cm³/mol. The molecule has 0 saturated carbocycles. The van der Waals surface area contributed by atoms with Gasteiger partial charge in [-0.3, -0.25) is 0 Å². The van der Waals surface area contributed by atoms with Gasteiger partial charge in [0.25, 0.3) is 0 Å². The second kappa shape index (κ2) is 7.47. The second-order valence-corrected chi connectivity index (χ2v) is 6.79. The predicted octanol–water partition coefficient (Wildman–Crippen LogP) is 2.94. The van der Waals surface area contributed by atoms with Crippen molar-refractivity contribution in [2.45, 2.75) is 37.6 Å². The Balaban J connectivity index is 2.15. The van der Waals surface area contributed by atoms with Crippen molar-refractivity contribution in [1.82, 2.24) is 5.32 Å². The smallest absolute Gasteiger partial charge is 0.0668 e. The fourth-order valence-electron chi connectivity index (χ4n) is 4.11. The van der Waals surface area contributed by atoms with Gasteiger partial charge >= 0.3 is 0 Å². The lowest BCUT2D eigenvalue weighted by molar-refractivity contribution is 0.272. The fourth-order valence-corrected chi connectivity index (χ4v) is 4.11. The van der Waals surface area contributed by atoms with Crippen molar-refractivity contribution in [1.29, 1.82) is 0 Å². The van der Waals surface area contributed by atoms with E-state index in [1.54, 1.807) is 0 Å². The first kappa shape index (κ1) is 17.2. The summed E-state index contributed by atoms with van der Waals surface area (Å²) >= 11 is 0. The van der Waals surface area contributed by atoms with Crippen LogP contribution in [0.3, 0.4) is 0 Å². The van der Waals surface area contributed by atoms with Gasteiger partial charge in [0, 0.05) is 13.2 Å². The van der Waals surface area contributed by atoms with E-state index in [4.69, 9.17) is 0 Å². The number of rotatable bonds is 6. The van der Waals surface area contributed by atoms with Crippen molar-refractivity contribution in [3.05, 3.63) is 70.8 Å². The van der Waals surface area contributed by atoms with E-state index in [1.807, 2.05) is 0 Å². The number of hydrogen-bond acceptors (Lipinski definition) is 3. The van der Waals surface area contributed by atoms with Crippen LogP contribution in [0.4, 0.5) is 0 Å². The maximum absolute atomic E-state index is 9.36. The van der Waals surface area contributed by atoms with Gasteiger partial charge in [-0.05, 0) is 54.4 Å². The molecule has 0 aliphatic heterocycles. The molecule has 1 aliphatic rings. The Morgan fingerprint density at radius 2 is 1.71 bits per heavy atom. The molecule has 0 radical (unpaired) electrons. The molecule has 0 heterocycles. The van der Waals surface area contributed by atoms with E-state index in [-0.39, 0.29) is 18.8 Å². The Hall–Kier alpha value is -1.68. The zero-order chi connectivity index (χ0) is 17.0. The SMILES string of the molecule is CC1(NCCO)c2ccccc2CC(CCCO)c2ccccc21. The monoisotopic (exact) mass is 325 g/mol. The van der Waals surface area contributed by atoms with Crippen molar-refractivity contribution < 1.29 is 10.2 Å². The summed E-state index contributed by atoms with van der Waals surface area (Å²) < 4.78 is 0. The van der Waals surface area contributed by atoms with E-state index >= 15 is 0 Å². The molecular formula is C21H27NO2. The molecule has 3 nitrogen and oxygen atoms in total. The van der Waals surface area contributed by atoms with E-state index in [9.17, 15) is 10.2 Å². The summed E-state index contributed by atoms with van der Waals surface area (Å²) in [5, 5.41) is 22.2. The number of aliphatic hydroxyl groups is 2. The molecule has 2 aromatic carbocycles. The molecule has 1 aliphatic carbocycles. The van der Waals surface area contributed by atoms with Gasteiger partial charge in [-0.1, -0.05) is 48.5 Å². The highest BCUT2D eigenvalue weighted by Gasteiger charge is 2.36. The first-order valence-electron chi connectivity index (χ1n) is 8.85. The lowest BCUT2D eigenvalue weighted by Gasteiger charge is -2.34. The lowest BCUT2D eigenvalue weighted by atomic mass is 9.81. The van der Waals surface area contributed by atoms with Crippen LogP contribution in [-0.4, -0.2) is 30.0 Å². The molecular weight excluding hydrogens is 298 g/mol. The van der Waals surface area contributed by atoms with Gasteiger partial charge < -0.3 is 15.5 Å². The van der Waals surface area contributed by atoms with Crippen molar-refractivity contribution >= 4 is 0 Å². The minimum absolute atomic E-state index is 0.119. The number of fused-ring (bicyclic) bond motifs is 2. The highest BCUT2D eigenvalue weighted by atomic mass is 16.3. The van der Waals surface area contributed by atoms with E-state index in [1.165, 1.54) is 22.3 Å². The van der Waals surface area contributed by atoms with Crippen LogP contribution in [0, 0.1) is 0 Å². The van der Waals surface area contributed by atoms with Crippen LogP contribution in [-0.2, 0) is 12.0 Å². The van der Waals surface area contributed by atoms with Gasteiger partial charge in [0.1, 0.15) is 0 Å². The minimum Gasteiger partial charge on any atom is -0.396 e. The summed E-state index contributed by atoms with van der Waals surface area (Å²) in [5.41, 5.74) is 4.97. The van der Waals surface area contributed by atoms with Crippen LogP contribution in [0.25, 0.3) is 0 Å². The van der Waals surface area contributed by atoms with Crippen LogP contribution in [0.5, 0.6) is 0 Å². The summed E-state index contributed by atoms with van der Waals surface area (Å²) in [4.78, 5) is 0. The molecule has 3 rings (SSSR count). The van der Waals surface area contributed by atoms with Gasteiger partial charge in [0.15, 0.2) is 0 Å². The number of hydrogen-bond donors (Lipinski definition) is 3. The average Bonchev–Trinajstić information content (AvgIpc) is 2.73. The molecule has 2 atom stereocenters. The van der Waals surface area contributed by atoms with Crippen LogP contribution in [0.2, 0.25) is 0 Å². The Labute approximate surface area is 144 Å². The maximum atomic E-state index is 9.36. The molecule has 0 fully saturated rings. The molecule has 0 spiro atoms. The zero-order valence-corrected chi connectivity index (χ0v) is 14.3. The van der Waals surface area contributed by atoms with Crippen LogP contribution in [0.15, 0.2) is 48.5 Å². The molecule has 0 bridgehead atoms. The molecule has 2 aromatic rings. The van der Waals surface area contributed by atoms with Crippen molar-refractivity contribution in [2.75, 3.05) is 19.8 Å². The van der Waals surface area contributed by atoms with Gasteiger partial charge in [-0.15, -0.1) is 0 Å². The normalized spacial score (nSPS) is 22.5. The molecule has 0 aromatic heterocycles. The topological polar surface area (TPSA) is 52.5 Å². The van der Waals surface area contributed by atoms with Gasteiger partial charge in [-0.2, -0.15) is 0 Å². The first-order chi connectivity index (χ1) is 11.7. The third-order valence-corrected chi connectivity index (χ3v) is 5.26. The third kappa shape index (κ3) is 3.12. The van der Waals surface area contributed by atoms with Crippen molar-refractivity contribution in [3.63, 3.8) is 0 Å². The lowest BCUT2D eigenvalue weighted by Crippen LogP contribution is -2.42. The van der Waals surface area contributed by atoms with Gasteiger partial charge in [0.2, 0.25) is 0 Å². The number of benzene rings is 2. The van der Waals surface area contributed by atoms with E-state index < -0.39 is 0 Å². The summed E-state index contributed by atoms with van der Waals surface area (Å²) in [7, 11) is 0. The van der Waals surface area contributed by atoms with Crippen LogP contribution >= 0.6 is 0 Å². The van der Waals surface area contributed by atoms with Gasteiger partial charge in [0.05, 0.1) is 12.1 Å². The Morgan fingerprint density at radius 1 is 1.00 bits per heavy atom. The second-order valence-electron chi connectivity index (χ2n) is 6.79. The zero-order valence-electron chi connectivity index (χ0n) is 14.3. The summed E-state index contributed by atoms with van der Waals surface area (Å²) in [6, 6.07) is 17.2. The quantitative estimate of drug-likeness (QED) is 0.765. The largest absolute Gasteiger partial charge is 0.396 e. The Bertz CT molecular complexity index is 685. The molecule has 24 heavy (non-hydrogen) atoms. The van der Waals surface area contributed by atoms with Crippen molar-refractivity contribution in [2.24, 2.45) is 0 Å². The number of aliphatic hydroxyl groups excluding tert-OH is 2. The molecule has 0 saturated heterocycles. The Kier molecular flexibility index (Phi) is 5.34. The van der Waals surface area contributed by atoms with E-state index in [0.717, 1.165) is 19.3 Å². The Morgan fingerprint density at radius 3 is 2.46 bits per heavy atom. The molecule has 128 valence electrons. The fraction of sp³-hybridized carbons (Fsp3) is 0.429.